The molecule has 2 aromatic rings. The molecule has 3 rings (SSSR count). The molecule has 1 saturated heterocycles. The molecule has 0 aliphatic carbocycles. The van der Waals surface area contributed by atoms with Crippen LogP contribution in [0.15, 0.2) is 60.7 Å². The van der Waals surface area contributed by atoms with Gasteiger partial charge in [0.1, 0.15) is 19.3 Å². The first kappa shape index (κ1) is 24.6. The number of hydroxylamine groups is 2. The van der Waals surface area contributed by atoms with Crippen LogP contribution in [-0.4, -0.2) is 39.7 Å². The molecule has 1 amide bonds. The molecule has 7 nitrogen and oxygen atoms in total. The summed E-state index contributed by atoms with van der Waals surface area (Å²) in [4.78, 5) is 30.7. The zero-order chi connectivity index (χ0) is 23.0. The summed E-state index contributed by atoms with van der Waals surface area (Å²) in [5, 5.41) is 4.15. The van der Waals surface area contributed by atoms with Gasteiger partial charge in [0.2, 0.25) is 0 Å². The molecule has 0 spiro atoms. The summed E-state index contributed by atoms with van der Waals surface area (Å²) in [6.45, 7) is 0.590. The lowest BCUT2D eigenvalue weighted by atomic mass is 10.0. The van der Waals surface area contributed by atoms with E-state index in [1.54, 1.807) is 0 Å². The van der Waals surface area contributed by atoms with Crippen molar-refractivity contribution in [3.63, 3.8) is 0 Å². The van der Waals surface area contributed by atoms with Gasteiger partial charge in [0.25, 0.3) is 0 Å². The molecular weight excluding hydrogens is 479 g/mol. The summed E-state index contributed by atoms with van der Waals surface area (Å²) in [5.41, 5.74) is 1.76. The maximum Gasteiger partial charge on any atom is 0.437 e. The predicted octanol–water partition coefficient (Wildman–Crippen LogP) is 4.75. The number of carbonyl (C=O) groups excluding carboxylic acids is 2. The second-order valence-electron chi connectivity index (χ2n) is 7.18. The lowest BCUT2D eigenvalue weighted by Crippen LogP contribution is -2.54. The van der Waals surface area contributed by atoms with E-state index in [9.17, 15) is 9.59 Å². The van der Waals surface area contributed by atoms with E-state index in [0.29, 0.717) is 12.8 Å². The molecule has 0 unspecified atom stereocenters. The fourth-order valence-corrected chi connectivity index (χ4v) is 3.44. The summed E-state index contributed by atoms with van der Waals surface area (Å²) < 4.78 is 8.01. The van der Waals surface area contributed by atoms with Crippen molar-refractivity contribution in [3.8, 4) is 0 Å². The van der Waals surface area contributed by atoms with Gasteiger partial charge in [-0.05, 0) is 58.8 Å². The van der Waals surface area contributed by atoms with Crippen molar-refractivity contribution in [1.82, 2.24) is 10.4 Å². The fourth-order valence-electron chi connectivity index (χ4n) is 3.24. The van der Waals surface area contributed by atoms with Gasteiger partial charge in [0, 0.05) is 6.54 Å². The first-order valence-corrected chi connectivity index (χ1v) is 11.1. The Morgan fingerprint density at radius 2 is 1.53 bits per heavy atom. The van der Waals surface area contributed by atoms with Crippen molar-refractivity contribution in [3.05, 3.63) is 71.8 Å². The summed E-state index contributed by atoms with van der Waals surface area (Å²) in [6, 6.07) is 17.8. The van der Waals surface area contributed by atoms with Crippen LogP contribution in [-0.2, 0) is 32.3 Å². The quantitative estimate of drug-likeness (QED) is 0.335. The van der Waals surface area contributed by atoms with Crippen molar-refractivity contribution in [1.29, 1.82) is 0 Å². The predicted molar refractivity (Wildman–Crippen MR) is 121 cm³/mol. The zero-order valence-corrected chi connectivity index (χ0v) is 19.4. The molecule has 0 radical (unpaired) electrons. The third-order valence-electron chi connectivity index (χ3n) is 4.82. The number of piperidine rings is 1. The van der Waals surface area contributed by atoms with Gasteiger partial charge in [0.05, 0.1) is 6.04 Å². The molecule has 1 N–H and O–H groups in total. The largest absolute Gasteiger partial charge is 0.460 e. The topological polar surface area (TPSA) is 77.1 Å². The number of hydrogen-bond acceptors (Lipinski definition) is 6. The molecule has 1 aliphatic heterocycles. The van der Waals surface area contributed by atoms with Crippen LogP contribution in [0.25, 0.3) is 0 Å². The second kappa shape index (κ2) is 11.7. The Labute approximate surface area is 201 Å². The van der Waals surface area contributed by atoms with Gasteiger partial charge in [-0.3, -0.25) is 9.63 Å². The van der Waals surface area contributed by atoms with E-state index in [4.69, 9.17) is 49.1 Å². The molecule has 172 valence electrons. The summed E-state index contributed by atoms with van der Waals surface area (Å²) >= 11 is 16.8. The summed E-state index contributed by atoms with van der Waals surface area (Å²) in [7, 11) is 0. The number of amides is 1. The number of ether oxygens (including phenoxy) is 2. The molecule has 0 aromatic heterocycles. The molecule has 2 aromatic carbocycles. The standard InChI is InChI=1S/C22H23Cl3N2O5/c23-22(24,25)32-21(29)27(31-15-17-9-5-2-6-10-17)18-11-12-19(26-13-18)20(28)30-14-16-7-3-1-4-8-16/h1-10,18-19,26H,11-15H2/t18-,19+/m1/s1. The van der Waals surface area contributed by atoms with Crippen LogP contribution in [0.3, 0.4) is 0 Å². The molecule has 32 heavy (non-hydrogen) atoms. The number of benzene rings is 2. The Morgan fingerprint density at radius 3 is 2.06 bits per heavy atom. The summed E-state index contributed by atoms with van der Waals surface area (Å²) in [6.07, 6.45) is -0.0373. The zero-order valence-electron chi connectivity index (χ0n) is 17.1. The minimum atomic E-state index is -2.22. The van der Waals surface area contributed by atoms with Gasteiger partial charge < -0.3 is 14.8 Å². The third-order valence-corrected chi connectivity index (χ3v) is 5.06. The Kier molecular flexibility index (Phi) is 9.02. The van der Waals surface area contributed by atoms with Crippen LogP contribution in [0, 0.1) is 0 Å². The van der Waals surface area contributed by atoms with E-state index in [1.165, 1.54) is 0 Å². The van der Waals surface area contributed by atoms with Gasteiger partial charge >= 0.3 is 16.0 Å². The fraction of sp³-hybridized carbons (Fsp3) is 0.364. The van der Waals surface area contributed by atoms with Crippen molar-refractivity contribution >= 4 is 46.9 Å². The average molecular weight is 502 g/mol. The van der Waals surface area contributed by atoms with Crippen LogP contribution in [0.4, 0.5) is 4.79 Å². The number of carbonyl (C=O) groups is 2. The monoisotopic (exact) mass is 500 g/mol. The van der Waals surface area contributed by atoms with E-state index in [-0.39, 0.29) is 25.7 Å². The molecule has 10 heteroatoms. The molecule has 0 saturated carbocycles. The smallest absolute Gasteiger partial charge is 0.437 e. The van der Waals surface area contributed by atoms with Gasteiger partial charge in [0.15, 0.2) is 0 Å². The van der Waals surface area contributed by atoms with E-state index >= 15 is 0 Å². The average Bonchev–Trinajstić information content (AvgIpc) is 2.78. The molecule has 0 bridgehead atoms. The van der Waals surface area contributed by atoms with E-state index in [0.717, 1.165) is 16.2 Å². The highest BCUT2D eigenvalue weighted by Crippen LogP contribution is 2.29. The number of rotatable bonds is 7. The van der Waals surface area contributed by atoms with Crippen molar-refractivity contribution in [2.24, 2.45) is 0 Å². The van der Waals surface area contributed by atoms with Crippen LogP contribution in [0.5, 0.6) is 0 Å². The summed E-state index contributed by atoms with van der Waals surface area (Å²) in [5.74, 6) is -0.354. The van der Waals surface area contributed by atoms with Crippen LogP contribution >= 0.6 is 34.8 Å². The number of esters is 1. The Morgan fingerprint density at radius 1 is 0.938 bits per heavy atom. The molecule has 1 aliphatic rings. The van der Waals surface area contributed by atoms with Crippen LogP contribution in [0.2, 0.25) is 0 Å². The lowest BCUT2D eigenvalue weighted by Gasteiger charge is -2.35. The highest BCUT2D eigenvalue weighted by molar-refractivity contribution is 6.66. The van der Waals surface area contributed by atoms with Crippen molar-refractivity contribution in [2.45, 2.75) is 42.1 Å². The highest BCUT2D eigenvalue weighted by Gasteiger charge is 2.37. The van der Waals surface area contributed by atoms with Gasteiger partial charge in [-0.15, -0.1) is 0 Å². The highest BCUT2D eigenvalue weighted by atomic mass is 35.6. The van der Waals surface area contributed by atoms with Crippen molar-refractivity contribution in [2.75, 3.05) is 6.54 Å². The first-order valence-electron chi connectivity index (χ1n) is 10.0. The maximum absolute atomic E-state index is 12.6. The van der Waals surface area contributed by atoms with E-state index in [1.807, 2.05) is 60.7 Å². The van der Waals surface area contributed by atoms with Crippen molar-refractivity contribution < 1.29 is 23.9 Å². The number of hydrogen-bond donors (Lipinski definition) is 1. The normalized spacial score (nSPS) is 18.6. The maximum atomic E-state index is 12.6. The van der Waals surface area contributed by atoms with Gasteiger partial charge in [-0.25, -0.2) is 4.79 Å². The Balaban J connectivity index is 1.56. The van der Waals surface area contributed by atoms with E-state index in [2.05, 4.69) is 5.32 Å². The number of nitrogens with one attached hydrogen (secondary N) is 1. The molecule has 1 heterocycles. The minimum absolute atomic E-state index is 0.120. The second-order valence-corrected chi connectivity index (χ2v) is 9.36. The third kappa shape index (κ3) is 7.83. The van der Waals surface area contributed by atoms with E-state index < -0.39 is 22.2 Å². The lowest BCUT2D eigenvalue weighted by molar-refractivity contribution is -0.177. The van der Waals surface area contributed by atoms with Gasteiger partial charge in [-0.1, -0.05) is 60.7 Å². The molecule has 2 atom stereocenters. The Bertz CT molecular complexity index is 872. The van der Waals surface area contributed by atoms with Gasteiger partial charge in [-0.2, -0.15) is 5.06 Å². The Hall–Kier alpha value is -2.03. The number of nitrogens with zero attached hydrogens (tertiary/aromatic N) is 1. The molecule has 1 fully saturated rings. The number of halogens is 3. The SMILES string of the molecule is O=C(OCc1ccccc1)[C@@H]1CC[C@@H](N(OCc2ccccc2)C(=O)OC(Cl)(Cl)Cl)CN1. The minimum Gasteiger partial charge on any atom is -0.460 e. The number of alkyl halides is 3. The first-order chi connectivity index (χ1) is 15.3. The van der Waals surface area contributed by atoms with Crippen LogP contribution < -0.4 is 5.32 Å². The van der Waals surface area contributed by atoms with Crippen LogP contribution in [0.1, 0.15) is 24.0 Å². The molecular formula is C22H23Cl3N2O5.